The number of aromatic nitrogens is 4. The van der Waals surface area contributed by atoms with Crippen LogP contribution < -0.4 is 5.32 Å². The van der Waals surface area contributed by atoms with E-state index in [-0.39, 0.29) is 40.9 Å². The zero-order valence-electron chi connectivity index (χ0n) is 16.8. The fourth-order valence-electron chi connectivity index (χ4n) is 3.28. The van der Waals surface area contributed by atoms with Gasteiger partial charge in [-0.1, -0.05) is 24.3 Å². The highest BCUT2D eigenvalue weighted by molar-refractivity contribution is 5.94. The van der Waals surface area contributed by atoms with Gasteiger partial charge in [0, 0.05) is 23.3 Å². The first-order chi connectivity index (χ1) is 15.3. The molecule has 4 rings (SSSR count). The van der Waals surface area contributed by atoms with Crippen LogP contribution in [0.3, 0.4) is 0 Å². The minimum Gasteiger partial charge on any atom is -0.392 e. The van der Waals surface area contributed by atoms with Gasteiger partial charge < -0.3 is 15.4 Å². The molecular weight excluding hydrogens is 421 g/mol. The van der Waals surface area contributed by atoms with Crippen molar-refractivity contribution in [2.24, 2.45) is 0 Å². The van der Waals surface area contributed by atoms with Gasteiger partial charge in [0.2, 0.25) is 5.95 Å². The number of rotatable bonds is 5. The maximum absolute atomic E-state index is 13.2. The number of fused-ring (bicyclic) bond motifs is 1. The minimum absolute atomic E-state index is 0.0558. The third-order valence-electron chi connectivity index (χ3n) is 5.03. The number of hydrogen-bond acceptors (Lipinski definition) is 6. The summed E-state index contributed by atoms with van der Waals surface area (Å²) in [6, 6.07) is 10.1. The Morgan fingerprint density at radius 1 is 1.19 bits per heavy atom. The zero-order chi connectivity index (χ0) is 22.9. The lowest BCUT2D eigenvalue weighted by Crippen LogP contribution is -2.10. The van der Waals surface area contributed by atoms with Gasteiger partial charge in [0.1, 0.15) is 11.7 Å². The summed E-state index contributed by atoms with van der Waals surface area (Å²) in [6.45, 7) is 1.83. The summed E-state index contributed by atoms with van der Waals surface area (Å²) in [6.07, 6.45) is -0.994. The highest BCUT2D eigenvalue weighted by Crippen LogP contribution is 2.35. The van der Waals surface area contributed by atoms with Crippen LogP contribution in [0.2, 0.25) is 0 Å². The Morgan fingerprint density at radius 2 is 1.94 bits per heavy atom. The Kier molecular flexibility index (Phi) is 5.50. The first kappa shape index (κ1) is 21.3. The van der Waals surface area contributed by atoms with Crippen LogP contribution in [-0.2, 0) is 12.8 Å². The summed E-state index contributed by atoms with van der Waals surface area (Å²) in [5.74, 6) is 0.215. The Bertz CT molecular complexity index is 1310. The van der Waals surface area contributed by atoms with Crippen LogP contribution >= 0.6 is 0 Å². The van der Waals surface area contributed by atoms with Crippen LogP contribution in [0.5, 0.6) is 0 Å². The molecule has 0 radical (unpaired) electrons. The molecule has 3 N–H and O–H groups in total. The average molecular weight is 438 g/mol. The highest BCUT2D eigenvalue weighted by atomic mass is 19.4. The van der Waals surface area contributed by atoms with Gasteiger partial charge in [0.05, 0.1) is 35.7 Å². The van der Waals surface area contributed by atoms with Gasteiger partial charge in [0.25, 0.3) is 0 Å². The van der Waals surface area contributed by atoms with Crippen molar-refractivity contribution in [3.05, 3.63) is 71.2 Å². The summed E-state index contributed by atoms with van der Waals surface area (Å²) < 4.78 is 39.5. The molecule has 0 bridgehead atoms. The third-order valence-corrected chi connectivity index (χ3v) is 5.03. The lowest BCUT2D eigenvalue weighted by atomic mass is 10.1. The standard InChI is InChI=1S/C22H17F3N6O/c1-12(14-4-2-13(11-32)3-5-14)30-21-29-8-15(7-26)19(31-21)18-10-28-20-17(18)6-16(9-27-20)22(23,24)25/h2-6,8-10,12,32H,11H2,1H3,(H,27,28)(H,29,30,31)/t12-/m1/s1. The fourth-order valence-corrected chi connectivity index (χ4v) is 3.28. The highest BCUT2D eigenvalue weighted by Gasteiger charge is 2.31. The van der Waals surface area contributed by atoms with Crippen LogP contribution in [0, 0.1) is 11.3 Å². The van der Waals surface area contributed by atoms with E-state index in [4.69, 9.17) is 0 Å². The molecule has 1 atom stereocenters. The van der Waals surface area contributed by atoms with E-state index in [2.05, 4.69) is 25.3 Å². The normalized spacial score (nSPS) is 12.5. The van der Waals surface area contributed by atoms with Crippen molar-refractivity contribution < 1.29 is 18.3 Å². The zero-order valence-corrected chi connectivity index (χ0v) is 16.8. The van der Waals surface area contributed by atoms with Gasteiger partial charge >= 0.3 is 6.18 Å². The third kappa shape index (κ3) is 4.10. The number of nitrogens with one attached hydrogen (secondary N) is 2. The smallest absolute Gasteiger partial charge is 0.392 e. The van der Waals surface area contributed by atoms with Crippen molar-refractivity contribution in [1.82, 2.24) is 19.9 Å². The van der Waals surface area contributed by atoms with Crippen LogP contribution in [-0.4, -0.2) is 25.0 Å². The second-order valence-electron chi connectivity index (χ2n) is 7.15. The fraction of sp³-hybridized carbons (Fsp3) is 0.182. The number of halogens is 3. The maximum atomic E-state index is 13.2. The number of hydrogen-bond donors (Lipinski definition) is 3. The summed E-state index contributed by atoms with van der Waals surface area (Å²) in [5, 5.41) is 22.0. The van der Waals surface area contributed by atoms with Crippen molar-refractivity contribution in [1.29, 1.82) is 5.26 Å². The van der Waals surface area contributed by atoms with E-state index >= 15 is 0 Å². The van der Waals surface area contributed by atoms with E-state index in [1.807, 2.05) is 25.1 Å². The Morgan fingerprint density at radius 3 is 2.59 bits per heavy atom. The number of aliphatic hydroxyl groups is 1. The van der Waals surface area contributed by atoms with Crippen LogP contribution in [0.15, 0.2) is 48.9 Å². The van der Waals surface area contributed by atoms with Crippen molar-refractivity contribution in [2.45, 2.75) is 25.7 Å². The molecule has 0 aliphatic rings. The molecule has 0 saturated carbocycles. The number of alkyl halides is 3. The van der Waals surface area contributed by atoms with Crippen LogP contribution in [0.1, 0.15) is 35.2 Å². The van der Waals surface area contributed by atoms with Gasteiger partial charge in [-0.3, -0.25) is 0 Å². The molecule has 0 aliphatic carbocycles. The molecule has 0 spiro atoms. The van der Waals surface area contributed by atoms with E-state index in [1.165, 1.54) is 12.4 Å². The van der Waals surface area contributed by atoms with E-state index < -0.39 is 11.7 Å². The van der Waals surface area contributed by atoms with E-state index in [0.29, 0.717) is 5.56 Å². The summed E-state index contributed by atoms with van der Waals surface area (Å²) in [7, 11) is 0. The van der Waals surface area contributed by atoms with Crippen molar-refractivity contribution in [3.8, 4) is 17.3 Å². The number of pyridine rings is 1. The summed E-state index contributed by atoms with van der Waals surface area (Å²) in [5.41, 5.74) is 1.69. The summed E-state index contributed by atoms with van der Waals surface area (Å²) in [4.78, 5) is 15.2. The molecule has 4 aromatic rings. The molecule has 0 saturated heterocycles. The lowest BCUT2D eigenvalue weighted by molar-refractivity contribution is -0.137. The molecule has 32 heavy (non-hydrogen) atoms. The quantitative estimate of drug-likeness (QED) is 0.421. The number of aromatic amines is 1. The lowest BCUT2D eigenvalue weighted by Gasteiger charge is -2.15. The number of anilines is 1. The second kappa shape index (κ2) is 8.28. The van der Waals surface area contributed by atoms with E-state index in [1.54, 1.807) is 12.1 Å². The minimum atomic E-state index is -4.55. The molecule has 0 unspecified atom stereocenters. The number of aliphatic hydroxyl groups excluding tert-OH is 1. The predicted molar refractivity (Wildman–Crippen MR) is 111 cm³/mol. The van der Waals surface area contributed by atoms with Gasteiger partial charge in [-0.15, -0.1) is 0 Å². The molecule has 3 aromatic heterocycles. The van der Waals surface area contributed by atoms with E-state index in [9.17, 15) is 23.5 Å². The first-order valence-electron chi connectivity index (χ1n) is 9.58. The van der Waals surface area contributed by atoms with Gasteiger partial charge in [-0.2, -0.15) is 18.4 Å². The SMILES string of the molecule is C[C@@H](Nc1ncc(C#N)c(-c2c[nH]c3ncc(C(F)(F)F)cc23)n1)c1ccc(CO)cc1. The Balaban J connectivity index is 1.72. The monoisotopic (exact) mass is 438 g/mol. The molecule has 1 aromatic carbocycles. The van der Waals surface area contributed by atoms with Crippen molar-refractivity contribution in [3.63, 3.8) is 0 Å². The molecule has 3 heterocycles. The average Bonchev–Trinajstić information content (AvgIpc) is 3.21. The van der Waals surface area contributed by atoms with Gasteiger partial charge in [-0.05, 0) is 24.1 Å². The van der Waals surface area contributed by atoms with Crippen LogP contribution in [0.25, 0.3) is 22.3 Å². The number of nitrogens with zero attached hydrogens (tertiary/aromatic N) is 4. The van der Waals surface area contributed by atoms with E-state index in [0.717, 1.165) is 23.4 Å². The van der Waals surface area contributed by atoms with Gasteiger partial charge in [-0.25, -0.2) is 15.0 Å². The molecule has 0 fully saturated rings. The second-order valence-corrected chi connectivity index (χ2v) is 7.15. The van der Waals surface area contributed by atoms with Crippen molar-refractivity contribution in [2.75, 3.05) is 5.32 Å². The molecule has 0 amide bonds. The Labute approximate surface area is 180 Å². The molecule has 10 heteroatoms. The largest absolute Gasteiger partial charge is 0.417 e. The summed E-state index contributed by atoms with van der Waals surface area (Å²) >= 11 is 0. The molecule has 7 nitrogen and oxygen atoms in total. The van der Waals surface area contributed by atoms with Crippen molar-refractivity contribution >= 4 is 17.0 Å². The Hall–Kier alpha value is -3.97. The maximum Gasteiger partial charge on any atom is 0.417 e. The van der Waals surface area contributed by atoms with Gasteiger partial charge in [0.15, 0.2) is 0 Å². The number of H-pyrrole nitrogens is 1. The molecular formula is C22H17F3N6O. The molecule has 162 valence electrons. The number of nitriles is 1. The topological polar surface area (TPSA) is 111 Å². The predicted octanol–water partition coefficient (Wildman–Crippen LogP) is 4.58. The van der Waals surface area contributed by atoms with Crippen LogP contribution in [0.4, 0.5) is 19.1 Å². The first-order valence-corrected chi connectivity index (χ1v) is 9.58. The number of benzene rings is 1. The molecule has 0 aliphatic heterocycles.